The van der Waals surface area contributed by atoms with Crippen LogP contribution in [0.4, 0.5) is 5.69 Å². The molecule has 0 bridgehead atoms. The molecule has 10 heteroatoms. The molecule has 2 aromatic heterocycles. The molecule has 1 saturated heterocycles. The maximum absolute atomic E-state index is 12.6. The van der Waals surface area contributed by atoms with E-state index in [0.717, 1.165) is 30.6 Å². The lowest BCUT2D eigenvalue weighted by Crippen LogP contribution is -2.30. The number of carbonyl (C=O) groups is 1. The summed E-state index contributed by atoms with van der Waals surface area (Å²) < 4.78 is 17.4. The minimum Gasteiger partial charge on any atom is -0.488 e. The molecule has 0 saturated carbocycles. The van der Waals surface area contributed by atoms with Gasteiger partial charge in [-0.1, -0.05) is 6.08 Å². The van der Waals surface area contributed by atoms with Crippen molar-refractivity contribution in [3.05, 3.63) is 83.7 Å². The maximum atomic E-state index is 12.6. The Morgan fingerprint density at radius 1 is 1.37 bits per heavy atom. The number of nitrogens with zero attached hydrogens (tertiary/aromatic N) is 5. The number of nitrogens with one attached hydrogen (secondary N) is 1. The predicted octanol–water partition coefficient (Wildman–Crippen LogP) is 3.37. The van der Waals surface area contributed by atoms with Crippen LogP contribution in [0, 0.1) is 11.3 Å². The highest BCUT2D eigenvalue weighted by atomic mass is 16.5. The highest BCUT2D eigenvalue weighted by Crippen LogP contribution is 2.33. The first-order valence-electron chi connectivity index (χ1n) is 11.3. The van der Waals surface area contributed by atoms with Gasteiger partial charge in [-0.05, 0) is 25.0 Å². The van der Waals surface area contributed by atoms with Gasteiger partial charge in [-0.25, -0.2) is 4.98 Å². The molecule has 1 atom stereocenters. The van der Waals surface area contributed by atoms with Gasteiger partial charge in [0, 0.05) is 30.9 Å². The average Bonchev–Trinajstić information content (AvgIpc) is 3.61. The van der Waals surface area contributed by atoms with Gasteiger partial charge in [0.15, 0.2) is 0 Å². The zero-order chi connectivity index (χ0) is 24.2. The van der Waals surface area contributed by atoms with Gasteiger partial charge in [0.1, 0.15) is 35.5 Å². The number of hydrogen-bond donors (Lipinski definition) is 1. The van der Waals surface area contributed by atoms with Crippen molar-refractivity contribution in [2.45, 2.75) is 25.4 Å². The number of aromatic nitrogens is 3. The Kier molecular flexibility index (Phi) is 6.22. The number of hydrogen-bond acceptors (Lipinski definition) is 8. The molecule has 35 heavy (non-hydrogen) atoms. The van der Waals surface area contributed by atoms with Crippen LogP contribution in [0.15, 0.2) is 72.6 Å². The first-order chi connectivity index (χ1) is 17.2. The van der Waals surface area contributed by atoms with E-state index in [0.29, 0.717) is 35.7 Å². The summed E-state index contributed by atoms with van der Waals surface area (Å²) in [6.45, 7) is 1.14. The molecule has 4 heterocycles. The van der Waals surface area contributed by atoms with E-state index in [1.165, 1.54) is 13.3 Å². The topological polar surface area (TPSA) is 117 Å². The van der Waals surface area contributed by atoms with Crippen molar-refractivity contribution < 1.29 is 19.0 Å². The molecule has 0 radical (unpaired) electrons. The van der Waals surface area contributed by atoms with Crippen molar-refractivity contribution in [3.63, 3.8) is 0 Å². The number of carbonyl (C=O) groups excluding carboxylic acids is 1. The Morgan fingerprint density at radius 2 is 2.29 bits per heavy atom. The van der Waals surface area contributed by atoms with Gasteiger partial charge in [-0.2, -0.15) is 10.4 Å². The van der Waals surface area contributed by atoms with Crippen LogP contribution in [-0.4, -0.2) is 52.3 Å². The van der Waals surface area contributed by atoms with Crippen LogP contribution < -0.4 is 9.64 Å². The largest absolute Gasteiger partial charge is 0.488 e. The highest BCUT2D eigenvalue weighted by molar-refractivity contribution is 5.93. The summed E-state index contributed by atoms with van der Waals surface area (Å²) in [5, 5.41) is 15.9. The molecule has 2 aromatic rings. The normalized spacial score (nSPS) is 19.3. The van der Waals surface area contributed by atoms with Crippen molar-refractivity contribution in [1.29, 1.82) is 5.26 Å². The second kappa shape index (κ2) is 9.77. The lowest BCUT2D eigenvalue weighted by atomic mass is 10.0. The van der Waals surface area contributed by atoms with E-state index in [1.54, 1.807) is 35.8 Å². The molecule has 1 fully saturated rings. The van der Waals surface area contributed by atoms with Gasteiger partial charge in [0.2, 0.25) is 5.88 Å². The summed E-state index contributed by atoms with van der Waals surface area (Å²) in [7, 11) is 1.48. The van der Waals surface area contributed by atoms with Gasteiger partial charge in [-0.3, -0.25) is 9.89 Å². The maximum Gasteiger partial charge on any atom is 0.257 e. The van der Waals surface area contributed by atoms with Gasteiger partial charge in [0.25, 0.3) is 5.91 Å². The number of amides is 1. The van der Waals surface area contributed by atoms with E-state index in [9.17, 15) is 10.1 Å². The Balaban J connectivity index is 1.34. The number of H-pyrrole nitrogens is 1. The first kappa shape index (κ1) is 22.3. The molecule has 0 aromatic carbocycles. The average molecular weight is 473 g/mol. The Bertz CT molecular complexity index is 1270. The van der Waals surface area contributed by atoms with Gasteiger partial charge >= 0.3 is 0 Å². The first-order valence-corrected chi connectivity index (χ1v) is 11.3. The van der Waals surface area contributed by atoms with Crippen molar-refractivity contribution >= 4 is 11.6 Å². The minimum absolute atomic E-state index is 0.0535. The number of allylic oxidation sites excluding steroid dienone is 3. The number of anilines is 1. The summed E-state index contributed by atoms with van der Waals surface area (Å²) in [5.74, 6) is 1.63. The highest BCUT2D eigenvalue weighted by Gasteiger charge is 2.30. The molecule has 1 aliphatic carbocycles. The van der Waals surface area contributed by atoms with Crippen molar-refractivity contribution in [2.75, 3.05) is 25.1 Å². The second-order valence-corrected chi connectivity index (χ2v) is 8.22. The van der Waals surface area contributed by atoms with Crippen LogP contribution in [0.2, 0.25) is 0 Å². The second-order valence-electron chi connectivity index (χ2n) is 8.22. The number of ether oxygens (including phenoxy) is 3. The standard InChI is InChI=1S/C25H24N6O4/c1-33-24-17(11-26)10-19(14-27-24)30-8-9-34-23(16-30)21-4-2-3-5-22(21)35-20-6-7-31(15-20)25(32)18-12-28-29-13-18/h3,5,8-10,12-14,16,20H,2,4,6-7,15H2,1H3,(H,28,29)/t20-/m0/s1. The minimum atomic E-state index is -0.113. The van der Waals surface area contributed by atoms with Crippen LogP contribution in [0.3, 0.4) is 0 Å². The molecule has 10 nitrogen and oxygen atoms in total. The lowest BCUT2D eigenvalue weighted by molar-refractivity contribution is 0.0743. The van der Waals surface area contributed by atoms with Crippen molar-refractivity contribution in [1.82, 2.24) is 20.1 Å². The molecule has 0 unspecified atom stereocenters. The number of nitriles is 1. The van der Waals surface area contributed by atoms with Gasteiger partial charge in [0.05, 0.1) is 43.5 Å². The van der Waals surface area contributed by atoms with E-state index >= 15 is 0 Å². The van der Waals surface area contributed by atoms with Crippen LogP contribution >= 0.6 is 0 Å². The lowest BCUT2D eigenvalue weighted by Gasteiger charge is -2.26. The van der Waals surface area contributed by atoms with Gasteiger partial charge in [-0.15, -0.1) is 0 Å². The van der Waals surface area contributed by atoms with Crippen LogP contribution in [0.1, 0.15) is 35.2 Å². The smallest absolute Gasteiger partial charge is 0.257 e. The van der Waals surface area contributed by atoms with E-state index < -0.39 is 0 Å². The van der Waals surface area contributed by atoms with Crippen LogP contribution in [0.5, 0.6) is 5.88 Å². The number of likely N-dealkylation sites (tertiary alicyclic amines) is 1. The van der Waals surface area contributed by atoms with Crippen LogP contribution in [-0.2, 0) is 9.47 Å². The fourth-order valence-corrected chi connectivity index (χ4v) is 4.24. The fourth-order valence-electron chi connectivity index (χ4n) is 4.24. The molecule has 178 valence electrons. The van der Waals surface area contributed by atoms with E-state index in [-0.39, 0.29) is 17.9 Å². The molecule has 5 rings (SSSR count). The van der Waals surface area contributed by atoms with Crippen LogP contribution in [0.25, 0.3) is 0 Å². The van der Waals surface area contributed by atoms with Crippen molar-refractivity contribution in [2.24, 2.45) is 0 Å². The summed E-state index contributed by atoms with van der Waals surface area (Å²) in [4.78, 5) is 20.5. The molecular weight excluding hydrogens is 448 g/mol. The summed E-state index contributed by atoms with van der Waals surface area (Å²) in [6.07, 6.45) is 16.3. The summed E-state index contributed by atoms with van der Waals surface area (Å²) in [6, 6.07) is 3.82. The van der Waals surface area contributed by atoms with E-state index in [4.69, 9.17) is 14.2 Å². The molecule has 0 spiro atoms. The van der Waals surface area contributed by atoms with Crippen molar-refractivity contribution in [3.8, 4) is 11.9 Å². The Morgan fingerprint density at radius 3 is 3.09 bits per heavy atom. The molecule has 3 aliphatic rings. The number of rotatable bonds is 6. The quantitative estimate of drug-likeness (QED) is 0.680. The Labute approximate surface area is 202 Å². The van der Waals surface area contributed by atoms with E-state index in [2.05, 4.69) is 27.3 Å². The summed E-state index contributed by atoms with van der Waals surface area (Å²) in [5.41, 5.74) is 2.55. The van der Waals surface area contributed by atoms with E-state index in [1.807, 2.05) is 17.2 Å². The Hall–Kier alpha value is -4.52. The zero-order valence-electron chi connectivity index (χ0n) is 19.2. The zero-order valence-corrected chi connectivity index (χ0v) is 19.2. The number of pyridine rings is 1. The molecule has 1 amide bonds. The third kappa shape index (κ3) is 4.61. The van der Waals surface area contributed by atoms with Gasteiger partial charge < -0.3 is 24.0 Å². The summed E-state index contributed by atoms with van der Waals surface area (Å²) >= 11 is 0. The molecule has 1 N–H and O–H groups in total. The fraction of sp³-hybridized carbons (Fsp3) is 0.280. The predicted molar refractivity (Wildman–Crippen MR) is 126 cm³/mol. The SMILES string of the molecule is COc1ncc(N2C=COC(C3=C(O[C@H]4CCN(C(=O)c5cn[nH]c5)C4)C=CCC3)=C2)cc1C#N. The number of aromatic amines is 1. The molecular formula is C25H24N6O4. The molecule has 2 aliphatic heterocycles. The third-order valence-electron chi connectivity index (χ3n) is 6.02. The monoisotopic (exact) mass is 472 g/mol. The third-order valence-corrected chi connectivity index (χ3v) is 6.02. The number of methoxy groups -OCH3 is 1.